The number of aliphatic hydroxyl groups is 1. The molecular weight excluding hydrogens is 206 g/mol. The van der Waals surface area contributed by atoms with E-state index in [0.717, 1.165) is 45.6 Å². The Morgan fingerprint density at radius 3 is 2.31 bits per heavy atom. The molecule has 1 aliphatic rings. The lowest BCUT2D eigenvalue weighted by atomic mass is 10.2. The van der Waals surface area contributed by atoms with Crippen molar-refractivity contribution in [2.45, 2.75) is 12.8 Å². The minimum absolute atomic E-state index is 0.106. The summed E-state index contributed by atoms with van der Waals surface area (Å²) in [7, 11) is 3.58. The Balaban J connectivity index is 2.20. The van der Waals surface area contributed by atoms with Crippen LogP contribution < -0.4 is 0 Å². The second kappa shape index (κ2) is 6.70. The van der Waals surface area contributed by atoms with Crippen LogP contribution in [0.25, 0.3) is 0 Å². The summed E-state index contributed by atoms with van der Waals surface area (Å²) in [4.78, 5) is 17.5. The molecule has 2 amide bonds. The van der Waals surface area contributed by atoms with Crippen molar-refractivity contribution in [1.82, 2.24) is 14.7 Å². The van der Waals surface area contributed by atoms with Crippen LogP contribution in [0.1, 0.15) is 12.8 Å². The zero-order valence-electron chi connectivity index (χ0n) is 10.4. The van der Waals surface area contributed by atoms with E-state index >= 15 is 0 Å². The summed E-state index contributed by atoms with van der Waals surface area (Å²) < 4.78 is 0. The van der Waals surface area contributed by atoms with E-state index in [9.17, 15) is 4.79 Å². The average Bonchev–Trinajstić information content (AvgIpc) is 2.29. The predicted octanol–water partition coefficient (Wildman–Crippen LogP) is 0.0581. The zero-order chi connectivity index (χ0) is 12.0. The monoisotopic (exact) mass is 229 g/mol. The number of carbonyl (C=O) groups excluding carboxylic acids is 1. The number of aliphatic hydroxyl groups excluding tert-OH is 1. The molecule has 1 saturated heterocycles. The van der Waals surface area contributed by atoms with Gasteiger partial charge < -0.3 is 14.9 Å². The first-order chi connectivity index (χ1) is 7.65. The van der Waals surface area contributed by atoms with Gasteiger partial charge in [0.2, 0.25) is 0 Å². The Bertz CT molecular complexity index is 213. The summed E-state index contributed by atoms with van der Waals surface area (Å²) in [5.41, 5.74) is 0. The number of amides is 2. The molecule has 1 aliphatic heterocycles. The molecule has 0 aliphatic carbocycles. The topological polar surface area (TPSA) is 47.0 Å². The van der Waals surface area contributed by atoms with Gasteiger partial charge in [-0.3, -0.25) is 4.90 Å². The number of hydrogen-bond donors (Lipinski definition) is 1. The highest BCUT2D eigenvalue weighted by molar-refractivity contribution is 5.73. The number of carbonyl (C=O) groups is 1. The molecule has 1 fully saturated rings. The van der Waals surface area contributed by atoms with Crippen molar-refractivity contribution < 1.29 is 9.90 Å². The maximum Gasteiger partial charge on any atom is 0.319 e. The van der Waals surface area contributed by atoms with E-state index in [1.165, 1.54) is 0 Å². The van der Waals surface area contributed by atoms with E-state index in [1.807, 2.05) is 4.90 Å². The van der Waals surface area contributed by atoms with Crippen LogP contribution in [0.4, 0.5) is 4.79 Å². The average molecular weight is 229 g/mol. The number of nitrogens with zero attached hydrogens (tertiary/aromatic N) is 3. The summed E-state index contributed by atoms with van der Waals surface area (Å²) in [6.45, 7) is 4.84. The fourth-order valence-corrected chi connectivity index (χ4v) is 1.89. The molecule has 16 heavy (non-hydrogen) atoms. The van der Waals surface area contributed by atoms with Crippen molar-refractivity contribution >= 4 is 6.03 Å². The number of piperazine rings is 1. The molecule has 0 radical (unpaired) electrons. The molecule has 1 N–H and O–H groups in total. The van der Waals surface area contributed by atoms with Gasteiger partial charge in [0, 0.05) is 46.9 Å². The largest absolute Gasteiger partial charge is 0.396 e. The first-order valence-corrected chi connectivity index (χ1v) is 5.94. The van der Waals surface area contributed by atoms with Gasteiger partial charge in [0.05, 0.1) is 0 Å². The molecule has 5 heteroatoms. The molecule has 0 saturated carbocycles. The fourth-order valence-electron chi connectivity index (χ4n) is 1.89. The third-order valence-electron chi connectivity index (χ3n) is 2.91. The first kappa shape index (κ1) is 13.3. The highest BCUT2D eigenvalue weighted by Crippen LogP contribution is 2.05. The molecule has 0 atom stereocenters. The lowest BCUT2D eigenvalue weighted by Crippen LogP contribution is -2.51. The second-order valence-corrected chi connectivity index (χ2v) is 4.44. The normalized spacial score (nSPS) is 17.6. The van der Waals surface area contributed by atoms with Crippen molar-refractivity contribution in [1.29, 1.82) is 0 Å². The molecule has 0 unspecified atom stereocenters. The van der Waals surface area contributed by atoms with E-state index in [2.05, 4.69) is 4.90 Å². The van der Waals surface area contributed by atoms with Gasteiger partial charge in [0.1, 0.15) is 0 Å². The fraction of sp³-hybridized carbons (Fsp3) is 0.909. The minimum atomic E-state index is 0.106. The quantitative estimate of drug-likeness (QED) is 0.693. The van der Waals surface area contributed by atoms with Gasteiger partial charge in [0.15, 0.2) is 0 Å². The molecule has 0 spiro atoms. The van der Waals surface area contributed by atoms with Crippen molar-refractivity contribution in [3.63, 3.8) is 0 Å². The van der Waals surface area contributed by atoms with Gasteiger partial charge >= 0.3 is 6.03 Å². The third-order valence-corrected chi connectivity index (χ3v) is 2.91. The summed E-state index contributed by atoms with van der Waals surface area (Å²) >= 11 is 0. The van der Waals surface area contributed by atoms with E-state index in [-0.39, 0.29) is 12.6 Å². The van der Waals surface area contributed by atoms with Crippen molar-refractivity contribution in [3.8, 4) is 0 Å². The van der Waals surface area contributed by atoms with Crippen LogP contribution in [0.2, 0.25) is 0 Å². The van der Waals surface area contributed by atoms with Gasteiger partial charge in [-0.2, -0.15) is 0 Å². The van der Waals surface area contributed by atoms with Crippen LogP contribution in [0.3, 0.4) is 0 Å². The Hall–Kier alpha value is -0.810. The van der Waals surface area contributed by atoms with E-state index in [1.54, 1.807) is 19.0 Å². The van der Waals surface area contributed by atoms with Crippen LogP contribution in [0.5, 0.6) is 0 Å². The van der Waals surface area contributed by atoms with Crippen LogP contribution in [0, 0.1) is 0 Å². The smallest absolute Gasteiger partial charge is 0.319 e. The maximum absolute atomic E-state index is 11.7. The van der Waals surface area contributed by atoms with E-state index in [0.29, 0.717) is 0 Å². The molecule has 0 aromatic heterocycles. The van der Waals surface area contributed by atoms with Crippen LogP contribution in [0.15, 0.2) is 0 Å². The van der Waals surface area contributed by atoms with Gasteiger partial charge in [0.25, 0.3) is 0 Å². The van der Waals surface area contributed by atoms with Crippen molar-refractivity contribution in [3.05, 3.63) is 0 Å². The lowest BCUT2D eigenvalue weighted by Gasteiger charge is -2.35. The van der Waals surface area contributed by atoms with Crippen molar-refractivity contribution in [2.24, 2.45) is 0 Å². The Labute approximate surface area is 97.6 Å². The maximum atomic E-state index is 11.7. The predicted molar refractivity (Wildman–Crippen MR) is 63.4 cm³/mol. The van der Waals surface area contributed by atoms with Gasteiger partial charge in [-0.1, -0.05) is 0 Å². The molecular formula is C11H23N3O2. The van der Waals surface area contributed by atoms with Crippen LogP contribution >= 0.6 is 0 Å². The zero-order valence-corrected chi connectivity index (χ0v) is 10.4. The lowest BCUT2D eigenvalue weighted by molar-refractivity contribution is 0.121. The standard InChI is InChI=1S/C11H23N3O2/c1-12(2)11(16)14-8-6-13(7-9-14)5-3-4-10-15/h15H,3-10H2,1-2H3. The number of unbranched alkanes of at least 4 members (excludes halogenated alkanes) is 1. The minimum Gasteiger partial charge on any atom is -0.396 e. The van der Waals surface area contributed by atoms with Gasteiger partial charge in [-0.05, 0) is 19.4 Å². The van der Waals surface area contributed by atoms with Gasteiger partial charge in [-0.15, -0.1) is 0 Å². The summed E-state index contributed by atoms with van der Waals surface area (Å²) in [6, 6.07) is 0.106. The SMILES string of the molecule is CN(C)C(=O)N1CCN(CCCCO)CC1. The van der Waals surface area contributed by atoms with E-state index < -0.39 is 0 Å². The van der Waals surface area contributed by atoms with Gasteiger partial charge in [-0.25, -0.2) is 4.79 Å². The summed E-state index contributed by atoms with van der Waals surface area (Å²) in [5, 5.41) is 8.69. The number of hydrogen-bond acceptors (Lipinski definition) is 3. The molecule has 1 rings (SSSR count). The molecule has 1 heterocycles. The van der Waals surface area contributed by atoms with Crippen LogP contribution in [-0.2, 0) is 0 Å². The molecule has 0 aromatic rings. The second-order valence-electron chi connectivity index (χ2n) is 4.44. The number of urea groups is 1. The molecule has 94 valence electrons. The van der Waals surface area contributed by atoms with E-state index in [4.69, 9.17) is 5.11 Å². The third kappa shape index (κ3) is 3.98. The summed E-state index contributed by atoms with van der Waals surface area (Å²) in [6.07, 6.45) is 1.91. The molecule has 0 aromatic carbocycles. The molecule has 5 nitrogen and oxygen atoms in total. The Morgan fingerprint density at radius 2 is 1.81 bits per heavy atom. The highest BCUT2D eigenvalue weighted by Gasteiger charge is 2.21. The van der Waals surface area contributed by atoms with Crippen molar-refractivity contribution in [2.75, 3.05) is 53.4 Å². The first-order valence-electron chi connectivity index (χ1n) is 5.94. The highest BCUT2D eigenvalue weighted by atomic mass is 16.3. The Kier molecular flexibility index (Phi) is 5.55. The summed E-state index contributed by atoms with van der Waals surface area (Å²) in [5.74, 6) is 0. The number of rotatable bonds is 4. The Morgan fingerprint density at radius 1 is 1.19 bits per heavy atom. The van der Waals surface area contributed by atoms with Crippen LogP contribution in [-0.4, -0.2) is 79.3 Å². The molecule has 0 bridgehead atoms.